The SMILES string of the molecule is CCc1cc(CNC)cc(OCCN(C)C)n1. The highest BCUT2D eigenvalue weighted by Gasteiger charge is 2.02. The third-order valence-corrected chi connectivity index (χ3v) is 2.45. The van der Waals surface area contributed by atoms with E-state index in [4.69, 9.17) is 4.74 Å². The van der Waals surface area contributed by atoms with Gasteiger partial charge >= 0.3 is 0 Å². The van der Waals surface area contributed by atoms with Crippen LogP contribution in [-0.2, 0) is 13.0 Å². The second kappa shape index (κ2) is 7.25. The van der Waals surface area contributed by atoms with E-state index < -0.39 is 0 Å². The first-order valence-electron chi connectivity index (χ1n) is 6.07. The van der Waals surface area contributed by atoms with Crippen molar-refractivity contribution in [1.82, 2.24) is 15.2 Å². The second-order valence-electron chi connectivity index (χ2n) is 4.34. The highest BCUT2D eigenvalue weighted by molar-refractivity contribution is 5.25. The first kappa shape index (κ1) is 13.9. The van der Waals surface area contributed by atoms with E-state index in [1.54, 1.807) is 0 Å². The monoisotopic (exact) mass is 237 g/mol. The van der Waals surface area contributed by atoms with Crippen molar-refractivity contribution in [1.29, 1.82) is 0 Å². The molecule has 0 spiro atoms. The van der Waals surface area contributed by atoms with Crippen LogP contribution in [0.15, 0.2) is 12.1 Å². The summed E-state index contributed by atoms with van der Waals surface area (Å²) in [7, 11) is 6.01. The molecule has 0 fully saturated rings. The molecule has 0 amide bonds. The second-order valence-corrected chi connectivity index (χ2v) is 4.34. The maximum atomic E-state index is 5.67. The van der Waals surface area contributed by atoms with Gasteiger partial charge in [0.05, 0.1) is 0 Å². The van der Waals surface area contributed by atoms with Gasteiger partial charge in [0.15, 0.2) is 0 Å². The number of likely N-dealkylation sites (N-methyl/N-ethyl adjacent to an activating group) is 1. The van der Waals surface area contributed by atoms with Crippen LogP contribution >= 0.6 is 0 Å². The van der Waals surface area contributed by atoms with Crippen LogP contribution in [0, 0.1) is 0 Å². The fourth-order valence-electron chi connectivity index (χ4n) is 1.51. The summed E-state index contributed by atoms with van der Waals surface area (Å²) < 4.78 is 5.67. The number of hydrogen-bond acceptors (Lipinski definition) is 4. The largest absolute Gasteiger partial charge is 0.476 e. The summed E-state index contributed by atoms with van der Waals surface area (Å²) in [4.78, 5) is 6.56. The zero-order chi connectivity index (χ0) is 12.7. The minimum Gasteiger partial charge on any atom is -0.476 e. The van der Waals surface area contributed by atoms with Crippen molar-refractivity contribution in [2.75, 3.05) is 34.3 Å². The van der Waals surface area contributed by atoms with Gasteiger partial charge in [0.2, 0.25) is 5.88 Å². The van der Waals surface area contributed by atoms with Crippen molar-refractivity contribution in [3.05, 3.63) is 23.4 Å². The molecule has 0 aliphatic rings. The molecule has 96 valence electrons. The zero-order valence-corrected chi connectivity index (χ0v) is 11.3. The van der Waals surface area contributed by atoms with Crippen molar-refractivity contribution >= 4 is 0 Å². The Morgan fingerprint density at radius 3 is 2.71 bits per heavy atom. The van der Waals surface area contributed by atoms with Crippen LogP contribution in [0.5, 0.6) is 5.88 Å². The van der Waals surface area contributed by atoms with Gasteiger partial charge in [0, 0.05) is 24.8 Å². The fraction of sp³-hybridized carbons (Fsp3) is 0.615. The predicted octanol–water partition coefficient (Wildman–Crippen LogP) is 1.30. The molecule has 0 saturated heterocycles. The molecule has 4 nitrogen and oxygen atoms in total. The fourth-order valence-corrected chi connectivity index (χ4v) is 1.51. The van der Waals surface area contributed by atoms with Crippen molar-refractivity contribution in [2.45, 2.75) is 19.9 Å². The Bertz CT molecular complexity index is 339. The molecule has 1 rings (SSSR count). The lowest BCUT2D eigenvalue weighted by molar-refractivity contribution is 0.253. The van der Waals surface area contributed by atoms with Crippen molar-refractivity contribution < 1.29 is 4.74 Å². The lowest BCUT2D eigenvalue weighted by Gasteiger charge is -2.12. The van der Waals surface area contributed by atoms with Crippen molar-refractivity contribution in [2.24, 2.45) is 0 Å². The first-order chi connectivity index (χ1) is 8.15. The molecule has 1 aromatic rings. The smallest absolute Gasteiger partial charge is 0.213 e. The highest BCUT2D eigenvalue weighted by atomic mass is 16.5. The quantitative estimate of drug-likeness (QED) is 0.776. The van der Waals surface area contributed by atoms with Gasteiger partial charge in [-0.05, 0) is 39.2 Å². The minimum absolute atomic E-state index is 0.673. The molecule has 1 aromatic heterocycles. The van der Waals surface area contributed by atoms with E-state index in [2.05, 4.69) is 28.2 Å². The van der Waals surface area contributed by atoms with Crippen molar-refractivity contribution in [3.8, 4) is 5.88 Å². The van der Waals surface area contributed by atoms with Gasteiger partial charge in [-0.15, -0.1) is 0 Å². The van der Waals surface area contributed by atoms with Crippen LogP contribution in [0.3, 0.4) is 0 Å². The number of ether oxygens (including phenoxy) is 1. The van der Waals surface area contributed by atoms with Crippen LogP contribution in [0.4, 0.5) is 0 Å². The Hall–Kier alpha value is -1.13. The van der Waals surface area contributed by atoms with Gasteiger partial charge in [-0.3, -0.25) is 0 Å². The Kier molecular flexibility index (Phi) is 5.94. The summed E-state index contributed by atoms with van der Waals surface area (Å²) in [6.07, 6.45) is 0.932. The molecular formula is C13H23N3O. The standard InChI is InChI=1S/C13H23N3O/c1-5-12-8-11(10-14-2)9-13(15-12)17-7-6-16(3)4/h8-9,14H,5-7,10H2,1-4H3. The number of aromatic nitrogens is 1. The Balaban J connectivity index is 2.66. The third kappa shape index (κ3) is 5.15. The Labute approximate surface area is 104 Å². The molecule has 0 saturated carbocycles. The maximum Gasteiger partial charge on any atom is 0.213 e. The van der Waals surface area contributed by atoms with Crippen LogP contribution in [0.1, 0.15) is 18.2 Å². The Morgan fingerprint density at radius 1 is 1.35 bits per heavy atom. The van der Waals surface area contributed by atoms with E-state index in [0.29, 0.717) is 6.61 Å². The molecule has 0 unspecified atom stereocenters. The summed E-state index contributed by atoms with van der Waals surface area (Å²) in [5.74, 6) is 0.733. The normalized spacial score (nSPS) is 10.9. The molecule has 4 heteroatoms. The molecule has 0 atom stereocenters. The summed E-state index contributed by atoms with van der Waals surface area (Å²) in [6, 6.07) is 4.13. The molecule has 1 N–H and O–H groups in total. The van der Waals surface area contributed by atoms with Gasteiger partial charge < -0.3 is 15.0 Å². The van der Waals surface area contributed by atoms with Gasteiger partial charge in [0.1, 0.15) is 6.61 Å². The number of rotatable bonds is 7. The number of pyridine rings is 1. The molecule has 0 aromatic carbocycles. The van der Waals surface area contributed by atoms with E-state index >= 15 is 0 Å². The summed E-state index contributed by atoms with van der Waals surface area (Å²) in [5.41, 5.74) is 2.30. The van der Waals surface area contributed by atoms with Crippen LogP contribution in [-0.4, -0.2) is 44.2 Å². The zero-order valence-electron chi connectivity index (χ0n) is 11.3. The third-order valence-electron chi connectivity index (χ3n) is 2.45. The van der Waals surface area contributed by atoms with E-state index in [9.17, 15) is 0 Å². The Morgan fingerprint density at radius 2 is 2.12 bits per heavy atom. The summed E-state index contributed by atoms with van der Waals surface area (Å²) in [5, 5.41) is 3.15. The number of nitrogens with one attached hydrogen (secondary N) is 1. The molecule has 1 heterocycles. The van der Waals surface area contributed by atoms with Gasteiger partial charge in [-0.1, -0.05) is 6.92 Å². The minimum atomic E-state index is 0.673. The lowest BCUT2D eigenvalue weighted by atomic mass is 10.2. The van der Waals surface area contributed by atoms with Crippen LogP contribution in [0.25, 0.3) is 0 Å². The predicted molar refractivity (Wildman–Crippen MR) is 70.4 cm³/mol. The average Bonchev–Trinajstić information content (AvgIpc) is 2.28. The van der Waals surface area contributed by atoms with E-state index in [-0.39, 0.29) is 0 Å². The molecule has 0 bridgehead atoms. The lowest BCUT2D eigenvalue weighted by Crippen LogP contribution is -2.20. The number of hydrogen-bond donors (Lipinski definition) is 1. The molecule has 0 radical (unpaired) electrons. The van der Waals surface area contributed by atoms with Gasteiger partial charge in [0.25, 0.3) is 0 Å². The van der Waals surface area contributed by atoms with Crippen molar-refractivity contribution in [3.63, 3.8) is 0 Å². The topological polar surface area (TPSA) is 37.4 Å². The van der Waals surface area contributed by atoms with Gasteiger partial charge in [-0.25, -0.2) is 4.98 Å². The molecule has 0 aliphatic carbocycles. The van der Waals surface area contributed by atoms with Gasteiger partial charge in [-0.2, -0.15) is 0 Å². The number of aryl methyl sites for hydroxylation is 1. The highest BCUT2D eigenvalue weighted by Crippen LogP contribution is 2.13. The molecule has 17 heavy (non-hydrogen) atoms. The molecular weight excluding hydrogens is 214 g/mol. The average molecular weight is 237 g/mol. The van der Waals surface area contributed by atoms with E-state index in [0.717, 1.165) is 31.1 Å². The number of nitrogens with zero attached hydrogens (tertiary/aromatic N) is 2. The maximum absolute atomic E-state index is 5.67. The van der Waals surface area contributed by atoms with E-state index in [1.165, 1.54) is 5.56 Å². The summed E-state index contributed by atoms with van der Waals surface area (Å²) >= 11 is 0. The first-order valence-corrected chi connectivity index (χ1v) is 6.07. The van der Waals surface area contributed by atoms with E-state index in [1.807, 2.05) is 27.2 Å². The molecule has 0 aliphatic heterocycles. The van der Waals surface area contributed by atoms with Crippen LogP contribution < -0.4 is 10.1 Å². The summed E-state index contributed by atoms with van der Waals surface area (Å²) in [6.45, 7) is 4.53. The van der Waals surface area contributed by atoms with Crippen LogP contribution in [0.2, 0.25) is 0 Å².